The molecule has 1 aliphatic rings. The molecule has 0 aromatic heterocycles. The number of nitrogens with one attached hydrogen (secondary N) is 1. The average Bonchev–Trinajstić information content (AvgIpc) is 3.19. The number of rotatable bonds is 6. The molecule has 8 heteroatoms. The average molecular weight is 409 g/mol. The first-order valence-corrected chi connectivity index (χ1v) is 10.5. The van der Waals surface area contributed by atoms with Gasteiger partial charge in [0.1, 0.15) is 5.75 Å². The summed E-state index contributed by atoms with van der Waals surface area (Å²) < 4.78 is 32.4. The van der Waals surface area contributed by atoms with Gasteiger partial charge < -0.3 is 10.1 Å². The minimum atomic E-state index is -3.53. The third-order valence-corrected chi connectivity index (χ3v) is 6.45. The fraction of sp³-hybridized carbons (Fsp3) is 0.316. The van der Waals surface area contributed by atoms with Crippen LogP contribution in [0.1, 0.15) is 19.8 Å². The van der Waals surface area contributed by atoms with Crippen LogP contribution >= 0.6 is 11.6 Å². The van der Waals surface area contributed by atoms with Crippen molar-refractivity contribution in [2.24, 2.45) is 0 Å². The minimum absolute atomic E-state index is 0.175. The summed E-state index contributed by atoms with van der Waals surface area (Å²) in [4.78, 5) is 12.6. The lowest BCUT2D eigenvalue weighted by Gasteiger charge is -2.17. The van der Waals surface area contributed by atoms with Crippen LogP contribution in [-0.2, 0) is 14.8 Å². The Hall–Kier alpha value is -2.09. The van der Waals surface area contributed by atoms with E-state index in [0.29, 0.717) is 29.5 Å². The van der Waals surface area contributed by atoms with E-state index in [4.69, 9.17) is 16.3 Å². The number of hydrogen-bond acceptors (Lipinski definition) is 4. The Labute approximate surface area is 164 Å². The van der Waals surface area contributed by atoms with E-state index in [0.717, 1.165) is 12.8 Å². The van der Waals surface area contributed by atoms with Crippen molar-refractivity contribution >= 4 is 33.2 Å². The molecular formula is C19H21ClN2O4S. The van der Waals surface area contributed by atoms with Crippen LogP contribution in [0.25, 0.3) is 0 Å². The van der Waals surface area contributed by atoms with Crippen molar-refractivity contribution in [2.45, 2.75) is 30.8 Å². The molecule has 144 valence electrons. The van der Waals surface area contributed by atoms with E-state index in [2.05, 4.69) is 5.32 Å². The lowest BCUT2D eigenvalue weighted by Crippen LogP contribution is -2.30. The number of nitrogens with zero attached hydrogens (tertiary/aromatic N) is 1. The van der Waals surface area contributed by atoms with Crippen LogP contribution < -0.4 is 10.1 Å². The Kier molecular flexibility index (Phi) is 6.04. The lowest BCUT2D eigenvalue weighted by atomic mass is 10.3. The fourth-order valence-electron chi connectivity index (χ4n) is 2.83. The Morgan fingerprint density at radius 3 is 2.48 bits per heavy atom. The molecule has 1 amide bonds. The van der Waals surface area contributed by atoms with Gasteiger partial charge in [0, 0.05) is 23.8 Å². The molecule has 1 atom stereocenters. The maximum absolute atomic E-state index is 12.7. The van der Waals surface area contributed by atoms with Gasteiger partial charge in [0.05, 0.1) is 4.90 Å². The summed E-state index contributed by atoms with van der Waals surface area (Å²) in [5, 5.41) is 3.28. The van der Waals surface area contributed by atoms with Gasteiger partial charge in [-0.25, -0.2) is 8.42 Å². The van der Waals surface area contributed by atoms with Crippen LogP contribution in [0.5, 0.6) is 5.75 Å². The van der Waals surface area contributed by atoms with E-state index >= 15 is 0 Å². The van der Waals surface area contributed by atoms with E-state index in [-0.39, 0.29) is 10.8 Å². The molecule has 0 bridgehead atoms. The first kappa shape index (κ1) is 19.7. The molecule has 6 nitrogen and oxygen atoms in total. The second kappa shape index (κ2) is 8.29. The summed E-state index contributed by atoms with van der Waals surface area (Å²) in [6, 6.07) is 13.0. The number of hydrogen-bond donors (Lipinski definition) is 1. The van der Waals surface area contributed by atoms with Gasteiger partial charge in [0.2, 0.25) is 10.0 Å². The summed E-state index contributed by atoms with van der Waals surface area (Å²) in [7, 11) is -3.53. The summed E-state index contributed by atoms with van der Waals surface area (Å²) in [6.07, 6.45) is 0.981. The van der Waals surface area contributed by atoms with Gasteiger partial charge in [-0.05, 0) is 62.2 Å². The lowest BCUT2D eigenvalue weighted by molar-refractivity contribution is -0.122. The van der Waals surface area contributed by atoms with Gasteiger partial charge in [-0.1, -0.05) is 17.7 Å². The molecule has 0 saturated carbocycles. The van der Waals surface area contributed by atoms with Gasteiger partial charge in [-0.15, -0.1) is 0 Å². The zero-order valence-corrected chi connectivity index (χ0v) is 16.5. The quantitative estimate of drug-likeness (QED) is 0.793. The molecule has 0 spiro atoms. The molecule has 0 radical (unpaired) electrons. The van der Waals surface area contributed by atoms with Crippen molar-refractivity contribution < 1.29 is 17.9 Å². The second-order valence-corrected chi connectivity index (χ2v) is 8.72. The molecule has 0 unspecified atom stereocenters. The molecule has 2 aromatic rings. The van der Waals surface area contributed by atoms with Crippen molar-refractivity contribution in [1.82, 2.24) is 4.31 Å². The molecule has 2 aromatic carbocycles. The van der Waals surface area contributed by atoms with Gasteiger partial charge in [-0.3, -0.25) is 4.79 Å². The van der Waals surface area contributed by atoms with Crippen LogP contribution in [-0.4, -0.2) is 37.8 Å². The van der Waals surface area contributed by atoms with Gasteiger partial charge in [-0.2, -0.15) is 4.31 Å². The molecule has 1 aliphatic heterocycles. The zero-order valence-electron chi connectivity index (χ0n) is 14.9. The number of sulfonamides is 1. The number of benzene rings is 2. The van der Waals surface area contributed by atoms with E-state index in [1.807, 2.05) is 0 Å². The van der Waals surface area contributed by atoms with E-state index in [9.17, 15) is 13.2 Å². The number of carbonyl (C=O) groups excluding carboxylic acids is 1. The number of anilines is 1. The molecule has 1 heterocycles. The first-order chi connectivity index (χ1) is 12.9. The summed E-state index contributed by atoms with van der Waals surface area (Å²) in [6.45, 7) is 2.69. The van der Waals surface area contributed by atoms with E-state index in [1.54, 1.807) is 43.3 Å². The summed E-state index contributed by atoms with van der Waals surface area (Å²) in [5.74, 6) is 0.146. The molecule has 1 fully saturated rings. The molecule has 1 saturated heterocycles. The molecule has 1 N–H and O–H groups in total. The van der Waals surface area contributed by atoms with Crippen LogP contribution in [0, 0.1) is 0 Å². The van der Waals surface area contributed by atoms with Crippen LogP contribution in [0.4, 0.5) is 5.69 Å². The number of carbonyl (C=O) groups is 1. The normalized spacial score (nSPS) is 16.1. The van der Waals surface area contributed by atoms with E-state index < -0.39 is 16.1 Å². The van der Waals surface area contributed by atoms with Gasteiger partial charge in [0.15, 0.2) is 6.10 Å². The SMILES string of the molecule is C[C@H](Oc1ccc(Cl)cc1)C(=O)Nc1cccc(S(=O)(=O)N2CCCC2)c1. The standard InChI is InChI=1S/C19H21ClN2O4S/c1-14(26-17-9-7-15(20)8-10-17)19(23)21-16-5-4-6-18(13-16)27(24,25)22-11-2-3-12-22/h4-10,13-14H,2-3,11-12H2,1H3,(H,21,23)/t14-/m0/s1. The second-order valence-electron chi connectivity index (χ2n) is 6.34. The highest BCUT2D eigenvalue weighted by atomic mass is 35.5. The highest BCUT2D eigenvalue weighted by molar-refractivity contribution is 7.89. The van der Waals surface area contributed by atoms with Crippen LogP contribution in [0.3, 0.4) is 0 Å². The van der Waals surface area contributed by atoms with Crippen LogP contribution in [0.2, 0.25) is 5.02 Å². The molecule has 3 rings (SSSR count). The van der Waals surface area contributed by atoms with Gasteiger partial charge >= 0.3 is 0 Å². The molecule has 27 heavy (non-hydrogen) atoms. The first-order valence-electron chi connectivity index (χ1n) is 8.69. The third kappa shape index (κ3) is 4.80. The van der Waals surface area contributed by atoms with Crippen molar-refractivity contribution in [3.63, 3.8) is 0 Å². The minimum Gasteiger partial charge on any atom is -0.481 e. The Morgan fingerprint density at radius 1 is 1.15 bits per heavy atom. The Morgan fingerprint density at radius 2 is 1.81 bits per heavy atom. The molecular weight excluding hydrogens is 388 g/mol. The number of amides is 1. The third-order valence-electron chi connectivity index (χ3n) is 4.30. The smallest absolute Gasteiger partial charge is 0.265 e. The zero-order chi connectivity index (χ0) is 19.4. The maximum atomic E-state index is 12.7. The Bertz CT molecular complexity index is 910. The Balaban J connectivity index is 1.68. The predicted molar refractivity (Wildman–Crippen MR) is 105 cm³/mol. The highest BCUT2D eigenvalue weighted by Crippen LogP contribution is 2.23. The van der Waals surface area contributed by atoms with Crippen LogP contribution in [0.15, 0.2) is 53.4 Å². The van der Waals surface area contributed by atoms with Crippen molar-refractivity contribution in [3.05, 3.63) is 53.6 Å². The summed E-state index contributed by atoms with van der Waals surface area (Å²) >= 11 is 5.83. The molecule has 0 aliphatic carbocycles. The van der Waals surface area contributed by atoms with Crippen molar-refractivity contribution in [1.29, 1.82) is 0 Å². The largest absolute Gasteiger partial charge is 0.481 e. The highest BCUT2D eigenvalue weighted by Gasteiger charge is 2.27. The maximum Gasteiger partial charge on any atom is 0.265 e. The number of halogens is 1. The monoisotopic (exact) mass is 408 g/mol. The summed E-state index contributed by atoms with van der Waals surface area (Å²) in [5.41, 5.74) is 0.409. The number of ether oxygens (including phenoxy) is 1. The van der Waals surface area contributed by atoms with E-state index in [1.165, 1.54) is 16.4 Å². The predicted octanol–water partition coefficient (Wildman–Crippen LogP) is 3.53. The van der Waals surface area contributed by atoms with Gasteiger partial charge in [0.25, 0.3) is 5.91 Å². The van der Waals surface area contributed by atoms with Crippen molar-refractivity contribution in [2.75, 3.05) is 18.4 Å². The topological polar surface area (TPSA) is 75.7 Å². The fourth-order valence-corrected chi connectivity index (χ4v) is 4.52. The van der Waals surface area contributed by atoms with Crippen molar-refractivity contribution in [3.8, 4) is 5.75 Å².